The van der Waals surface area contributed by atoms with Gasteiger partial charge in [-0.05, 0) is 18.2 Å². The van der Waals surface area contributed by atoms with E-state index in [1.54, 1.807) is 19.1 Å². The number of hydroxylamine groups is 1. The average Bonchev–Trinajstić information content (AvgIpc) is 2.37. The summed E-state index contributed by atoms with van der Waals surface area (Å²) in [4.78, 5) is 10.8. The molecule has 0 aliphatic carbocycles. The SMILES string of the molecule is C[C@H](/C=C/C(=O)NO)[C@H](O)c1cc(Br)ccc1O. The summed E-state index contributed by atoms with van der Waals surface area (Å²) in [6.07, 6.45) is 1.60. The average molecular weight is 316 g/mol. The van der Waals surface area contributed by atoms with Crippen molar-refractivity contribution in [2.45, 2.75) is 13.0 Å². The van der Waals surface area contributed by atoms with Crippen LogP contribution < -0.4 is 5.48 Å². The lowest BCUT2D eigenvalue weighted by Gasteiger charge is -2.17. The molecule has 4 N–H and O–H groups in total. The van der Waals surface area contributed by atoms with E-state index >= 15 is 0 Å². The fourth-order valence-electron chi connectivity index (χ4n) is 1.43. The van der Waals surface area contributed by atoms with Crippen LogP contribution in [0, 0.1) is 5.92 Å². The van der Waals surface area contributed by atoms with E-state index in [2.05, 4.69) is 15.9 Å². The van der Waals surface area contributed by atoms with Gasteiger partial charge in [0.15, 0.2) is 0 Å². The number of carbonyl (C=O) groups is 1. The normalized spacial score (nSPS) is 14.4. The van der Waals surface area contributed by atoms with Crippen LogP contribution in [-0.4, -0.2) is 21.3 Å². The number of nitrogens with one attached hydrogen (secondary N) is 1. The molecule has 6 heteroatoms. The minimum atomic E-state index is -0.953. The molecular formula is C12H14BrNO4. The van der Waals surface area contributed by atoms with Gasteiger partial charge >= 0.3 is 0 Å². The maximum absolute atomic E-state index is 10.8. The number of hydrogen-bond acceptors (Lipinski definition) is 4. The number of hydrogen-bond donors (Lipinski definition) is 4. The molecule has 0 bridgehead atoms. The van der Waals surface area contributed by atoms with Gasteiger partial charge in [-0.3, -0.25) is 10.0 Å². The molecule has 18 heavy (non-hydrogen) atoms. The van der Waals surface area contributed by atoms with Crippen molar-refractivity contribution in [3.63, 3.8) is 0 Å². The second-order valence-corrected chi connectivity index (χ2v) is 4.76. The first-order chi connectivity index (χ1) is 8.45. The summed E-state index contributed by atoms with van der Waals surface area (Å²) >= 11 is 3.25. The number of aliphatic hydroxyl groups excluding tert-OH is 1. The Balaban J connectivity index is 2.86. The van der Waals surface area contributed by atoms with Crippen molar-refractivity contribution >= 4 is 21.8 Å². The second kappa shape index (κ2) is 6.53. The lowest BCUT2D eigenvalue weighted by Crippen LogP contribution is -2.16. The van der Waals surface area contributed by atoms with Crippen LogP contribution in [0.25, 0.3) is 0 Å². The van der Waals surface area contributed by atoms with Gasteiger partial charge in [-0.15, -0.1) is 0 Å². The van der Waals surface area contributed by atoms with E-state index in [0.29, 0.717) is 5.56 Å². The quantitative estimate of drug-likeness (QED) is 0.388. The molecule has 0 aliphatic rings. The minimum absolute atomic E-state index is 0.0161. The summed E-state index contributed by atoms with van der Waals surface area (Å²) in [6.45, 7) is 1.69. The molecule has 0 radical (unpaired) electrons. The van der Waals surface area contributed by atoms with Gasteiger partial charge in [0.1, 0.15) is 5.75 Å². The maximum Gasteiger partial charge on any atom is 0.267 e. The third kappa shape index (κ3) is 3.83. The Morgan fingerprint density at radius 3 is 2.78 bits per heavy atom. The van der Waals surface area contributed by atoms with Crippen LogP contribution in [0.1, 0.15) is 18.6 Å². The number of carbonyl (C=O) groups excluding carboxylic acids is 1. The van der Waals surface area contributed by atoms with Crippen LogP contribution in [0.5, 0.6) is 5.75 Å². The molecule has 1 aromatic carbocycles. The number of phenols is 1. The lowest BCUT2D eigenvalue weighted by molar-refractivity contribution is -0.124. The smallest absolute Gasteiger partial charge is 0.267 e. The molecule has 0 heterocycles. The van der Waals surface area contributed by atoms with Gasteiger partial charge < -0.3 is 10.2 Å². The van der Waals surface area contributed by atoms with E-state index in [1.807, 2.05) is 0 Å². The molecule has 5 nitrogen and oxygen atoms in total. The van der Waals surface area contributed by atoms with Crippen molar-refractivity contribution < 1.29 is 20.2 Å². The van der Waals surface area contributed by atoms with Gasteiger partial charge in [0.25, 0.3) is 5.91 Å². The van der Waals surface area contributed by atoms with Crippen molar-refractivity contribution in [1.29, 1.82) is 0 Å². The van der Waals surface area contributed by atoms with E-state index in [1.165, 1.54) is 17.6 Å². The second-order valence-electron chi connectivity index (χ2n) is 3.84. The molecule has 0 saturated heterocycles. The number of amides is 1. The Morgan fingerprint density at radius 2 is 2.17 bits per heavy atom. The van der Waals surface area contributed by atoms with Crippen molar-refractivity contribution in [1.82, 2.24) is 5.48 Å². The highest BCUT2D eigenvalue weighted by molar-refractivity contribution is 9.10. The summed E-state index contributed by atoms with van der Waals surface area (Å²) in [7, 11) is 0. The van der Waals surface area contributed by atoms with E-state index in [-0.39, 0.29) is 5.75 Å². The monoisotopic (exact) mass is 315 g/mol. The van der Waals surface area contributed by atoms with E-state index in [9.17, 15) is 15.0 Å². The Kier molecular flexibility index (Phi) is 5.33. The van der Waals surface area contributed by atoms with Gasteiger partial charge in [0.2, 0.25) is 0 Å². The third-order valence-corrected chi connectivity index (χ3v) is 2.96. The van der Waals surface area contributed by atoms with Crippen LogP contribution >= 0.6 is 15.9 Å². The Morgan fingerprint density at radius 1 is 1.50 bits per heavy atom. The summed E-state index contributed by atoms with van der Waals surface area (Å²) in [5.41, 5.74) is 1.82. The minimum Gasteiger partial charge on any atom is -0.508 e. The first-order valence-corrected chi connectivity index (χ1v) is 6.03. The van der Waals surface area contributed by atoms with Crippen LogP contribution in [0.2, 0.25) is 0 Å². The molecule has 1 amide bonds. The highest BCUT2D eigenvalue weighted by Crippen LogP contribution is 2.32. The van der Waals surface area contributed by atoms with Gasteiger partial charge in [0, 0.05) is 22.0 Å². The standard InChI is InChI=1S/C12H14BrNO4/c1-7(2-5-11(16)14-18)12(17)9-6-8(13)3-4-10(9)15/h2-7,12,15,17-18H,1H3,(H,14,16)/b5-2+/t7-,12+/m1/s1. The molecule has 0 fully saturated rings. The predicted octanol–water partition coefficient (Wildman–Crippen LogP) is 1.89. The number of aromatic hydroxyl groups is 1. The number of aliphatic hydroxyl groups is 1. The van der Waals surface area contributed by atoms with Crippen molar-refractivity contribution in [3.05, 3.63) is 40.4 Å². The van der Waals surface area contributed by atoms with E-state index < -0.39 is 17.9 Å². The highest BCUT2D eigenvalue weighted by Gasteiger charge is 2.18. The summed E-state index contributed by atoms with van der Waals surface area (Å²) < 4.78 is 0.735. The summed E-state index contributed by atoms with van der Waals surface area (Å²) in [6, 6.07) is 4.74. The van der Waals surface area contributed by atoms with Gasteiger partial charge in [-0.2, -0.15) is 0 Å². The van der Waals surface area contributed by atoms with Gasteiger partial charge in [-0.1, -0.05) is 28.9 Å². The molecule has 98 valence electrons. The molecule has 0 saturated carbocycles. The number of rotatable bonds is 4. The number of halogens is 1. The van der Waals surface area contributed by atoms with Crippen LogP contribution in [0.15, 0.2) is 34.8 Å². The van der Waals surface area contributed by atoms with E-state index in [0.717, 1.165) is 10.5 Å². The third-order valence-electron chi connectivity index (χ3n) is 2.47. The van der Waals surface area contributed by atoms with Crippen molar-refractivity contribution in [2.75, 3.05) is 0 Å². The van der Waals surface area contributed by atoms with Crippen molar-refractivity contribution in [3.8, 4) is 5.75 Å². The first kappa shape index (κ1) is 14.7. The number of benzene rings is 1. The zero-order valence-corrected chi connectivity index (χ0v) is 11.3. The summed E-state index contributed by atoms with van der Waals surface area (Å²) in [5, 5.41) is 28.0. The Bertz CT molecular complexity index is 461. The van der Waals surface area contributed by atoms with Crippen LogP contribution in [0.3, 0.4) is 0 Å². The molecule has 0 aliphatic heterocycles. The fourth-order valence-corrected chi connectivity index (χ4v) is 1.81. The topological polar surface area (TPSA) is 89.8 Å². The van der Waals surface area contributed by atoms with Crippen LogP contribution in [-0.2, 0) is 4.79 Å². The zero-order valence-electron chi connectivity index (χ0n) is 9.67. The Hall–Kier alpha value is -1.37. The molecule has 1 rings (SSSR count). The van der Waals surface area contributed by atoms with Crippen molar-refractivity contribution in [2.24, 2.45) is 5.92 Å². The largest absolute Gasteiger partial charge is 0.508 e. The molecule has 0 spiro atoms. The Labute approximate surface area is 113 Å². The molecule has 0 unspecified atom stereocenters. The fraction of sp³-hybridized carbons (Fsp3) is 0.250. The first-order valence-electron chi connectivity index (χ1n) is 5.24. The molecule has 0 aromatic heterocycles. The maximum atomic E-state index is 10.8. The number of phenolic OH excluding ortho intramolecular Hbond substituents is 1. The van der Waals surface area contributed by atoms with Crippen LogP contribution in [0.4, 0.5) is 0 Å². The lowest BCUT2D eigenvalue weighted by atomic mass is 9.96. The summed E-state index contributed by atoms with van der Waals surface area (Å²) in [5.74, 6) is -1.09. The molecule has 2 atom stereocenters. The molecular weight excluding hydrogens is 302 g/mol. The predicted molar refractivity (Wildman–Crippen MR) is 69.0 cm³/mol. The highest BCUT2D eigenvalue weighted by atomic mass is 79.9. The zero-order chi connectivity index (χ0) is 13.7. The molecule has 1 aromatic rings. The van der Waals surface area contributed by atoms with E-state index in [4.69, 9.17) is 5.21 Å². The van der Waals surface area contributed by atoms with Gasteiger partial charge in [-0.25, -0.2) is 5.48 Å². The van der Waals surface area contributed by atoms with Gasteiger partial charge in [0.05, 0.1) is 6.10 Å².